The summed E-state index contributed by atoms with van der Waals surface area (Å²) in [6, 6.07) is 0.780. The van der Waals surface area contributed by atoms with Gasteiger partial charge in [-0.3, -0.25) is 0 Å². The highest BCUT2D eigenvalue weighted by Crippen LogP contribution is 2.32. The summed E-state index contributed by atoms with van der Waals surface area (Å²) in [4.78, 5) is 0. The molecule has 0 bridgehead atoms. The van der Waals surface area contributed by atoms with E-state index in [0.29, 0.717) is 11.0 Å². The zero-order valence-electron chi connectivity index (χ0n) is 10.8. The molecule has 1 saturated carbocycles. The summed E-state index contributed by atoms with van der Waals surface area (Å²) in [5.74, 6) is 0.943. The van der Waals surface area contributed by atoms with E-state index < -0.39 is 0 Å². The van der Waals surface area contributed by atoms with Gasteiger partial charge in [0.1, 0.15) is 0 Å². The molecule has 1 rings (SSSR count). The van der Waals surface area contributed by atoms with E-state index in [-0.39, 0.29) is 0 Å². The Morgan fingerprint density at radius 1 is 1.07 bits per heavy atom. The third-order valence-corrected chi connectivity index (χ3v) is 2.94. The van der Waals surface area contributed by atoms with Gasteiger partial charge in [0.15, 0.2) is 0 Å². The molecule has 0 atom stereocenters. The topological polar surface area (TPSA) is 12.0 Å². The molecule has 1 fully saturated rings. The van der Waals surface area contributed by atoms with E-state index in [2.05, 4.69) is 46.9 Å². The van der Waals surface area contributed by atoms with Crippen LogP contribution in [0.5, 0.6) is 0 Å². The fourth-order valence-electron chi connectivity index (χ4n) is 2.95. The van der Waals surface area contributed by atoms with E-state index in [4.69, 9.17) is 0 Å². The molecule has 0 spiro atoms. The lowest BCUT2D eigenvalue weighted by Gasteiger charge is -2.42. The van der Waals surface area contributed by atoms with E-state index in [0.717, 1.165) is 12.0 Å². The lowest BCUT2D eigenvalue weighted by Crippen LogP contribution is -2.52. The first kappa shape index (κ1) is 12.0. The maximum absolute atomic E-state index is 3.78. The molecule has 0 radical (unpaired) electrons. The van der Waals surface area contributed by atoms with Crippen LogP contribution in [0.25, 0.3) is 0 Å². The van der Waals surface area contributed by atoms with Crippen LogP contribution in [0.1, 0.15) is 60.8 Å². The summed E-state index contributed by atoms with van der Waals surface area (Å²) in [5.41, 5.74) is 0.717. The highest BCUT2D eigenvalue weighted by atomic mass is 15.0. The summed E-state index contributed by atoms with van der Waals surface area (Å²) >= 11 is 0. The van der Waals surface area contributed by atoms with Crippen LogP contribution in [-0.4, -0.2) is 11.6 Å². The van der Waals surface area contributed by atoms with Crippen LogP contribution >= 0.6 is 0 Å². The van der Waals surface area contributed by atoms with Crippen molar-refractivity contribution in [1.82, 2.24) is 5.32 Å². The molecule has 1 heteroatoms. The molecule has 14 heavy (non-hydrogen) atoms. The van der Waals surface area contributed by atoms with Gasteiger partial charge in [-0.15, -0.1) is 0 Å². The van der Waals surface area contributed by atoms with Crippen molar-refractivity contribution in [2.45, 2.75) is 72.4 Å². The van der Waals surface area contributed by atoms with Crippen molar-refractivity contribution < 1.29 is 0 Å². The van der Waals surface area contributed by atoms with Crippen LogP contribution in [0.4, 0.5) is 0 Å². The van der Waals surface area contributed by atoms with E-state index in [1.165, 1.54) is 19.3 Å². The fraction of sp³-hybridized carbons (Fsp3) is 1.00. The average molecular weight is 197 g/mol. The summed E-state index contributed by atoms with van der Waals surface area (Å²) in [7, 11) is 0. The van der Waals surface area contributed by atoms with Crippen LogP contribution < -0.4 is 5.32 Å². The van der Waals surface area contributed by atoms with Gasteiger partial charge in [0.2, 0.25) is 0 Å². The Morgan fingerprint density at radius 3 is 1.93 bits per heavy atom. The lowest BCUT2D eigenvalue weighted by atomic mass is 9.77. The predicted molar refractivity (Wildman–Crippen MR) is 63.5 cm³/mol. The van der Waals surface area contributed by atoms with Gasteiger partial charge in [-0.1, -0.05) is 27.7 Å². The second kappa shape index (κ2) is 3.84. The van der Waals surface area contributed by atoms with Gasteiger partial charge >= 0.3 is 0 Å². The van der Waals surface area contributed by atoms with Gasteiger partial charge in [-0.2, -0.15) is 0 Å². The molecule has 0 saturated heterocycles. The highest BCUT2D eigenvalue weighted by molar-refractivity contribution is 4.91. The van der Waals surface area contributed by atoms with E-state index in [1.807, 2.05) is 0 Å². The SMILES string of the molecule is CC1CC(NC(C)(C)CC(C)(C)C)C1. The Balaban J connectivity index is 2.34. The van der Waals surface area contributed by atoms with Gasteiger partial charge in [0.25, 0.3) is 0 Å². The quantitative estimate of drug-likeness (QED) is 0.729. The van der Waals surface area contributed by atoms with Crippen molar-refractivity contribution in [3.63, 3.8) is 0 Å². The largest absolute Gasteiger partial charge is 0.309 e. The van der Waals surface area contributed by atoms with Crippen LogP contribution in [-0.2, 0) is 0 Å². The number of nitrogens with one attached hydrogen (secondary N) is 1. The van der Waals surface area contributed by atoms with Gasteiger partial charge in [-0.25, -0.2) is 0 Å². The first-order chi connectivity index (χ1) is 6.18. The smallest absolute Gasteiger partial charge is 0.0132 e. The Labute approximate surface area is 89.7 Å². The van der Waals surface area contributed by atoms with Gasteiger partial charge < -0.3 is 5.32 Å². The second-order valence-electron chi connectivity index (χ2n) is 7.04. The summed E-state index contributed by atoms with van der Waals surface area (Å²) in [6.07, 6.45) is 3.98. The van der Waals surface area contributed by atoms with Gasteiger partial charge in [0, 0.05) is 11.6 Å². The van der Waals surface area contributed by atoms with Crippen molar-refractivity contribution in [3.05, 3.63) is 0 Å². The fourth-order valence-corrected chi connectivity index (χ4v) is 2.95. The Bertz CT molecular complexity index is 182. The van der Waals surface area contributed by atoms with Crippen LogP contribution in [0.15, 0.2) is 0 Å². The van der Waals surface area contributed by atoms with Crippen molar-refractivity contribution >= 4 is 0 Å². The molecular weight excluding hydrogens is 170 g/mol. The summed E-state index contributed by atoms with van der Waals surface area (Å²) < 4.78 is 0. The molecule has 1 nitrogen and oxygen atoms in total. The van der Waals surface area contributed by atoms with Gasteiger partial charge in [0.05, 0.1) is 0 Å². The molecule has 0 aromatic carbocycles. The summed E-state index contributed by atoms with van der Waals surface area (Å²) in [5, 5.41) is 3.78. The monoisotopic (exact) mass is 197 g/mol. The second-order valence-corrected chi connectivity index (χ2v) is 7.04. The van der Waals surface area contributed by atoms with Crippen molar-refractivity contribution in [1.29, 1.82) is 0 Å². The third kappa shape index (κ3) is 4.00. The first-order valence-corrected chi connectivity index (χ1v) is 5.96. The molecule has 1 aliphatic carbocycles. The molecule has 0 aliphatic heterocycles. The standard InChI is InChI=1S/C13H27N/c1-10-7-11(8-10)14-13(5,6)9-12(2,3)4/h10-11,14H,7-9H2,1-6H3. The van der Waals surface area contributed by atoms with Gasteiger partial charge in [-0.05, 0) is 44.4 Å². The number of rotatable bonds is 3. The van der Waals surface area contributed by atoms with E-state index >= 15 is 0 Å². The Kier molecular flexibility index (Phi) is 3.30. The molecule has 1 aliphatic rings. The normalized spacial score (nSPS) is 28.7. The van der Waals surface area contributed by atoms with Crippen molar-refractivity contribution in [2.75, 3.05) is 0 Å². The molecule has 0 amide bonds. The predicted octanol–water partition coefficient (Wildman–Crippen LogP) is 3.59. The molecule has 0 heterocycles. The zero-order valence-corrected chi connectivity index (χ0v) is 10.8. The van der Waals surface area contributed by atoms with Crippen LogP contribution in [0.2, 0.25) is 0 Å². The lowest BCUT2D eigenvalue weighted by molar-refractivity contribution is 0.157. The minimum Gasteiger partial charge on any atom is -0.309 e. The molecule has 1 N–H and O–H groups in total. The first-order valence-electron chi connectivity index (χ1n) is 5.96. The molecule has 0 unspecified atom stereocenters. The third-order valence-electron chi connectivity index (χ3n) is 2.94. The summed E-state index contributed by atoms with van der Waals surface area (Å²) in [6.45, 7) is 14.0. The van der Waals surface area contributed by atoms with Crippen LogP contribution in [0.3, 0.4) is 0 Å². The maximum Gasteiger partial charge on any atom is 0.0132 e. The molecule has 84 valence electrons. The highest BCUT2D eigenvalue weighted by Gasteiger charge is 2.32. The average Bonchev–Trinajstić information content (AvgIpc) is 1.76. The number of hydrogen-bond donors (Lipinski definition) is 1. The Morgan fingerprint density at radius 2 is 1.57 bits per heavy atom. The van der Waals surface area contributed by atoms with E-state index in [1.54, 1.807) is 0 Å². The Hall–Kier alpha value is -0.0400. The minimum absolute atomic E-state index is 0.295. The maximum atomic E-state index is 3.78. The molecule has 0 aromatic heterocycles. The number of hydrogen-bond acceptors (Lipinski definition) is 1. The van der Waals surface area contributed by atoms with E-state index in [9.17, 15) is 0 Å². The van der Waals surface area contributed by atoms with Crippen molar-refractivity contribution in [2.24, 2.45) is 11.3 Å². The molecular formula is C13H27N. The molecule has 0 aromatic rings. The minimum atomic E-state index is 0.295. The van der Waals surface area contributed by atoms with Crippen LogP contribution in [0, 0.1) is 11.3 Å². The zero-order chi connectivity index (χ0) is 11.0. The van der Waals surface area contributed by atoms with Crippen molar-refractivity contribution in [3.8, 4) is 0 Å².